The third-order valence-electron chi connectivity index (χ3n) is 3.88. The Labute approximate surface area is 169 Å². The molecule has 184 valence electrons. The number of benzene rings is 1. The van der Waals surface area contributed by atoms with Crippen LogP contribution in [0.1, 0.15) is 0 Å². The van der Waals surface area contributed by atoms with Crippen molar-refractivity contribution in [3.05, 3.63) is 18.2 Å². The van der Waals surface area contributed by atoms with Crippen LogP contribution in [0.4, 0.5) is 62.8 Å². The highest BCUT2D eigenvalue weighted by atomic mass is 19.4. The number of ether oxygens (including phenoxy) is 2. The van der Waals surface area contributed by atoms with Crippen LogP contribution in [0.5, 0.6) is 11.5 Å². The normalized spacial score (nSPS) is 14.2. The van der Waals surface area contributed by atoms with Gasteiger partial charge < -0.3 is 14.8 Å². The van der Waals surface area contributed by atoms with Crippen molar-refractivity contribution in [2.24, 2.45) is 0 Å². The van der Waals surface area contributed by atoms with Crippen molar-refractivity contribution >= 4 is 11.6 Å². The van der Waals surface area contributed by atoms with Gasteiger partial charge in [-0.3, -0.25) is 4.79 Å². The van der Waals surface area contributed by atoms with Gasteiger partial charge in [0.15, 0.2) is 0 Å². The summed E-state index contributed by atoms with van der Waals surface area (Å²) in [5, 5.41) is 0.914. The monoisotopic (exact) mass is 499 g/mol. The molecule has 1 N–H and O–H groups in total. The first-order valence-corrected chi connectivity index (χ1v) is 7.62. The lowest BCUT2D eigenvalue weighted by Crippen LogP contribution is -2.71. The van der Waals surface area contributed by atoms with E-state index in [1.165, 1.54) is 0 Å². The fourth-order valence-corrected chi connectivity index (χ4v) is 2.01. The van der Waals surface area contributed by atoms with Crippen LogP contribution in [-0.4, -0.2) is 55.9 Å². The largest absolute Gasteiger partial charge is 0.497 e. The molecule has 1 rings (SSSR count). The van der Waals surface area contributed by atoms with Gasteiger partial charge in [-0.05, 0) is 12.1 Å². The average Bonchev–Trinajstić information content (AvgIpc) is 2.66. The summed E-state index contributed by atoms with van der Waals surface area (Å²) in [5.41, 5.74) is -0.926. The molecule has 4 nitrogen and oxygen atoms in total. The quantitative estimate of drug-likeness (QED) is 0.489. The molecule has 1 aromatic carbocycles. The zero-order chi connectivity index (χ0) is 25.6. The average molecular weight is 499 g/mol. The lowest BCUT2D eigenvalue weighted by molar-refractivity contribution is -0.435. The van der Waals surface area contributed by atoms with Crippen LogP contribution in [0.3, 0.4) is 0 Å². The Hall–Kier alpha value is -2.62. The molecule has 0 aromatic heterocycles. The van der Waals surface area contributed by atoms with Gasteiger partial charge in [-0.25, -0.2) is 0 Å². The number of amides is 1. The lowest BCUT2D eigenvalue weighted by Gasteiger charge is -2.39. The standard InChI is InChI=1S/C15H10F13NO3/c1-31-6-3-4-7(8(5-6)32-2)29-9(30)10(16,17)11(18,19)12(20,21)13(22,23)14(24,25)15(26,27)28/h3-5H,1-2H3,(H,29,30). The summed E-state index contributed by atoms with van der Waals surface area (Å²) in [7, 11) is 1.95. The van der Waals surface area contributed by atoms with E-state index in [4.69, 9.17) is 0 Å². The van der Waals surface area contributed by atoms with E-state index in [1.807, 2.05) is 0 Å². The molecule has 0 saturated heterocycles. The Bertz CT molecular complexity index is 851. The van der Waals surface area contributed by atoms with Crippen molar-refractivity contribution in [1.29, 1.82) is 0 Å². The number of alkyl halides is 13. The molecule has 1 amide bonds. The molecule has 0 aliphatic heterocycles. The summed E-state index contributed by atoms with van der Waals surface area (Å²) in [6.07, 6.45) is -7.54. The third-order valence-corrected chi connectivity index (χ3v) is 3.88. The van der Waals surface area contributed by atoms with Crippen molar-refractivity contribution in [2.45, 2.75) is 35.8 Å². The Morgan fingerprint density at radius 2 is 1.19 bits per heavy atom. The number of hydrogen-bond donors (Lipinski definition) is 1. The molecule has 0 radical (unpaired) electrons. The minimum atomic E-state index is -8.09. The topological polar surface area (TPSA) is 47.6 Å². The molecule has 0 heterocycles. The smallest absolute Gasteiger partial charge is 0.460 e. The van der Waals surface area contributed by atoms with Crippen molar-refractivity contribution in [3.63, 3.8) is 0 Å². The molecule has 0 atom stereocenters. The SMILES string of the molecule is COc1ccc(NC(=O)C(F)(F)C(F)(F)C(F)(F)C(F)(F)C(F)(F)C(F)(F)F)c(OC)c1. The Kier molecular flexibility index (Phi) is 6.90. The van der Waals surface area contributed by atoms with Gasteiger partial charge in [0.25, 0.3) is 0 Å². The first kappa shape index (κ1) is 27.4. The van der Waals surface area contributed by atoms with Crippen LogP contribution in [-0.2, 0) is 4.79 Å². The molecule has 0 unspecified atom stereocenters. The number of halogens is 13. The first-order chi connectivity index (χ1) is 14.1. The summed E-state index contributed by atoms with van der Waals surface area (Å²) < 4.78 is 179. The predicted molar refractivity (Wildman–Crippen MR) is 79.0 cm³/mol. The molecular formula is C15H10F13NO3. The van der Waals surface area contributed by atoms with E-state index in [-0.39, 0.29) is 5.75 Å². The van der Waals surface area contributed by atoms with Crippen LogP contribution >= 0.6 is 0 Å². The van der Waals surface area contributed by atoms with Gasteiger partial charge in [-0.2, -0.15) is 57.1 Å². The second kappa shape index (κ2) is 8.06. The minimum absolute atomic E-state index is 0.0579. The fraction of sp³-hybridized carbons (Fsp3) is 0.533. The van der Waals surface area contributed by atoms with Gasteiger partial charge in [0.1, 0.15) is 11.5 Å². The number of rotatable bonds is 8. The zero-order valence-electron chi connectivity index (χ0n) is 15.4. The third kappa shape index (κ3) is 3.96. The predicted octanol–water partition coefficient (Wildman–Crippen LogP) is 5.38. The summed E-state index contributed by atoms with van der Waals surface area (Å²) in [6.45, 7) is 0. The maximum atomic E-state index is 13.8. The van der Waals surface area contributed by atoms with E-state index in [0.29, 0.717) is 6.07 Å². The molecule has 0 bridgehead atoms. The number of methoxy groups -OCH3 is 2. The summed E-state index contributed by atoms with van der Waals surface area (Å²) in [5.74, 6) is -42.8. The van der Waals surface area contributed by atoms with E-state index < -0.39 is 53.1 Å². The second-order valence-corrected chi connectivity index (χ2v) is 5.89. The molecule has 32 heavy (non-hydrogen) atoms. The highest BCUT2D eigenvalue weighted by Crippen LogP contribution is 2.60. The van der Waals surface area contributed by atoms with Crippen LogP contribution < -0.4 is 14.8 Å². The van der Waals surface area contributed by atoms with Crippen LogP contribution in [0, 0.1) is 0 Å². The minimum Gasteiger partial charge on any atom is -0.497 e. The zero-order valence-corrected chi connectivity index (χ0v) is 15.4. The molecular weight excluding hydrogens is 489 g/mol. The number of nitrogens with one attached hydrogen (secondary N) is 1. The molecule has 0 saturated carbocycles. The van der Waals surface area contributed by atoms with Crippen LogP contribution in [0.25, 0.3) is 0 Å². The summed E-state index contributed by atoms with van der Waals surface area (Å²) in [4.78, 5) is 11.5. The summed E-state index contributed by atoms with van der Waals surface area (Å²) >= 11 is 0. The van der Waals surface area contributed by atoms with E-state index >= 15 is 0 Å². The van der Waals surface area contributed by atoms with Crippen molar-refractivity contribution in [3.8, 4) is 11.5 Å². The van der Waals surface area contributed by atoms with Crippen molar-refractivity contribution < 1.29 is 71.3 Å². The maximum absolute atomic E-state index is 13.8. The maximum Gasteiger partial charge on any atom is 0.460 e. The highest BCUT2D eigenvalue weighted by molar-refractivity contribution is 5.98. The molecule has 17 heteroatoms. The summed E-state index contributed by atoms with van der Waals surface area (Å²) in [6, 6.07) is 2.41. The second-order valence-electron chi connectivity index (χ2n) is 5.89. The van der Waals surface area contributed by atoms with Crippen LogP contribution in [0.2, 0.25) is 0 Å². The lowest BCUT2D eigenvalue weighted by atomic mass is 9.93. The van der Waals surface area contributed by atoms with Gasteiger partial charge in [-0.15, -0.1) is 0 Å². The van der Waals surface area contributed by atoms with Gasteiger partial charge in [0.05, 0.1) is 19.9 Å². The Morgan fingerprint density at radius 1 is 0.719 bits per heavy atom. The number of hydrogen-bond acceptors (Lipinski definition) is 3. The van der Waals surface area contributed by atoms with E-state index in [9.17, 15) is 61.9 Å². The highest BCUT2D eigenvalue weighted by Gasteiger charge is 2.91. The Morgan fingerprint density at radius 3 is 1.59 bits per heavy atom. The van der Waals surface area contributed by atoms with Gasteiger partial charge in [-0.1, -0.05) is 0 Å². The molecule has 1 aromatic rings. The molecule has 0 spiro atoms. The molecule has 0 aliphatic carbocycles. The van der Waals surface area contributed by atoms with Gasteiger partial charge in [0, 0.05) is 6.07 Å². The van der Waals surface area contributed by atoms with Crippen molar-refractivity contribution in [1.82, 2.24) is 0 Å². The van der Waals surface area contributed by atoms with Crippen LogP contribution in [0.15, 0.2) is 18.2 Å². The van der Waals surface area contributed by atoms with Gasteiger partial charge in [0.2, 0.25) is 0 Å². The van der Waals surface area contributed by atoms with Crippen molar-refractivity contribution in [2.75, 3.05) is 19.5 Å². The number of anilines is 1. The fourth-order valence-electron chi connectivity index (χ4n) is 2.01. The van der Waals surface area contributed by atoms with E-state index in [2.05, 4.69) is 9.47 Å². The molecule has 0 fully saturated rings. The van der Waals surface area contributed by atoms with E-state index in [1.54, 1.807) is 0 Å². The first-order valence-electron chi connectivity index (χ1n) is 7.62. The Balaban J connectivity index is 3.43. The van der Waals surface area contributed by atoms with Gasteiger partial charge >= 0.3 is 41.7 Å². The number of carbonyl (C=O) groups is 1. The molecule has 0 aliphatic rings. The number of carbonyl (C=O) groups excluding carboxylic acids is 1. The van der Waals surface area contributed by atoms with E-state index in [0.717, 1.165) is 31.7 Å².